The number of rotatable bonds is 3. The molecule has 4 aromatic rings. The summed E-state index contributed by atoms with van der Waals surface area (Å²) in [5.41, 5.74) is 2.44. The minimum absolute atomic E-state index is 0.0831. The van der Waals surface area contributed by atoms with Crippen molar-refractivity contribution in [2.45, 2.75) is 38.1 Å². The number of halogens is 1. The minimum Gasteiger partial charge on any atom is -0.349 e. The fourth-order valence-corrected chi connectivity index (χ4v) is 4.31. The molecule has 1 fully saturated rings. The lowest BCUT2D eigenvalue weighted by atomic mass is 9.95. The number of aromatic amines is 1. The molecule has 2 aromatic heterocycles. The molecular formula is C23H21ClN4O2. The quantitative estimate of drug-likeness (QED) is 0.509. The summed E-state index contributed by atoms with van der Waals surface area (Å²) in [5.74, 6) is -0.0831. The molecule has 2 aromatic carbocycles. The zero-order valence-corrected chi connectivity index (χ0v) is 17.1. The van der Waals surface area contributed by atoms with Gasteiger partial charge < -0.3 is 5.32 Å². The van der Waals surface area contributed by atoms with E-state index in [4.69, 9.17) is 11.6 Å². The van der Waals surface area contributed by atoms with Crippen molar-refractivity contribution in [3.8, 4) is 5.69 Å². The van der Waals surface area contributed by atoms with Gasteiger partial charge in [0.05, 0.1) is 22.1 Å². The fraction of sp³-hybridized carbons (Fsp3) is 0.261. The van der Waals surface area contributed by atoms with E-state index in [0.29, 0.717) is 27.2 Å². The summed E-state index contributed by atoms with van der Waals surface area (Å²) in [6.07, 6.45) is 7.19. The van der Waals surface area contributed by atoms with Crippen LogP contribution in [0.4, 0.5) is 0 Å². The third kappa shape index (κ3) is 3.37. The predicted octanol–water partition coefficient (Wildman–Crippen LogP) is 4.58. The molecule has 1 saturated carbocycles. The van der Waals surface area contributed by atoms with Crippen LogP contribution >= 0.6 is 11.6 Å². The first-order chi connectivity index (χ1) is 14.6. The number of nitrogens with zero attached hydrogens (tertiary/aromatic N) is 2. The van der Waals surface area contributed by atoms with Crippen LogP contribution in [0, 0.1) is 0 Å². The van der Waals surface area contributed by atoms with E-state index < -0.39 is 0 Å². The molecule has 2 heterocycles. The molecule has 5 rings (SSSR count). The van der Waals surface area contributed by atoms with Crippen LogP contribution in [-0.2, 0) is 0 Å². The van der Waals surface area contributed by atoms with Gasteiger partial charge in [-0.15, -0.1) is 0 Å². The van der Waals surface area contributed by atoms with E-state index in [1.807, 2.05) is 12.1 Å². The van der Waals surface area contributed by atoms with E-state index in [1.165, 1.54) is 11.1 Å². The Kier molecular flexibility index (Phi) is 4.79. The van der Waals surface area contributed by atoms with Gasteiger partial charge in [0.1, 0.15) is 0 Å². The maximum absolute atomic E-state index is 12.9. The zero-order chi connectivity index (χ0) is 20.7. The van der Waals surface area contributed by atoms with Crippen LogP contribution < -0.4 is 10.9 Å². The molecule has 0 atom stereocenters. The van der Waals surface area contributed by atoms with E-state index in [9.17, 15) is 9.59 Å². The molecule has 0 radical (unpaired) electrons. The summed E-state index contributed by atoms with van der Waals surface area (Å²) in [7, 11) is 0. The Morgan fingerprint density at radius 1 is 1.07 bits per heavy atom. The van der Waals surface area contributed by atoms with Gasteiger partial charge in [0.2, 0.25) is 0 Å². The van der Waals surface area contributed by atoms with Crippen LogP contribution in [0.2, 0.25) is 5.02 Å². The first-order valence-corrected chi connectivity index (χ1v) is 10.6. The highest BCUT2D eigenvalue weighted by Crippen LogP contribution is 2.23. The number of pyridine rings is 1. The maximum atomic E-state index is 12.9. The van der Waals surface area contributed by atoms with Crippen molar-refractivity contribution >= 4 is 39.3 Å². The molecule has 0 bridgehead atoms. The van der Waals surface area contributed by atoms with E-state index in [2.05, 4.69) is 15.4 Å². The average Bonchev–Trinajstić information content (AvgIpc) is 3.11. The maximum Gasteiger partial charge on any atom is 0.280 e. The number of hydrogen-bond donors (Lipinski definition) is 2. The van der Waals surface area contributed by atoms with E-state index in [0.717, 1.165) is 36.6 Å². The lowest BCUT2D eigenvalue weighted by molar-refractivity contribution is 0.0928. The molecule has 0 unspecified atom stereocenters. The normalized spacial score (nSPS) is 15.0. The number of carbonyl (C=O) groups excluding carboxylic acids is 1. The summed E-state index contributed by atoms with van der Waals surface area (Å²) in [6.45, 7) is 0. The van der Waals surface area contributed by atoms with Crippen molar-refractivity contribution in [1.29, 1.82) is 0 Å². The van der Waals surface area contributed by atoms with E-state index in [-0.39, 0.29) is 17.5 Å². The van der Waals surface area contributed by atoms with Gasteiger partial charge >= 0.3 is 0 Å². The lowest BCUT2D eigenvalue weighted by Crippen LogP contribution is -2.36. The first kappa shape index (κ1) is 18.9. The number of hydrogen-bond acceptors (Lipinski definition) is 3. The number of benzene rings is 2. The van der Waals surface area contributed by atoms with E-state index in [1.54, 1.807) is 36.5 Å². The number of nitrogens with one attached hydrogen (secondary N) is 2. The Hall–Kier alpha value is -3.12. The van der Waals surface area contributed by atoms with Crippen LogP contribution in [0.25, 0.3) is 27.5 Å². The lowest BCUT2D eigenvalue weighted by Gasteiger charge is -2.22. The van der Waals surface area contributed by atoms with Gasteiger partial charge in [-0.1, -0.05) is 30.9 Å². The highest BCUT2D eigenvalue weighted by atomic mass is 35.5. The van der Waals surface area contributed by atoms with Gasteiger partial charge in [-0.25, -0.2) is 4.68 Å². The highest BCUT2D eigenvalue weighted by molar-refractivity contribution is 6.30. The standard InChI is InChI=1S/C23H21ClN4O2/c24-15-7-9-17(10-8-15)28-23(30)19-13-25-20-11-6-14(12-18(20)21(19)27-28)22(29)26-16-4-2-1-3-5-16/h6-13,16,27H,1-5H2,(H,26,29). The van der Waals surface area contributed by atoms with Crippen molar-refractivity contribution in [2.24, 2.45) is 0 Å². The Bertz CT molecular complexity index is 1300. The average molecular weight is 421 g/mol. The first-order valence-electron chi connectivity index (χ1n) is 10.2. The molecule has 0 spiro atoms. The smallest absolute Gasteiger partial charge is 0.280 e. The number of amides is 1. The number of carbonyl (C=O) groups is 1. The van der Waals surface area contributed by atoms with Crippen molar-refractivity contribution in [1.82, 2.24) is 20.1 Å². The number of fused-ring (bicyclic) bond motifs is 3. The summed E-state index contributed by atoms with van der Waals surface area (Å²) >= 11 is 5.97. The molecule has 1 amide bonds. The molecule has 30 heavy (non-hydrogen) atoms. The monoisotopic (exact) mass is 420 g/mol. The van der Waals surface area contributed by atoms with Gasteiger partial charge in [0, 0.05) is 28.2 Å². The Morgan fingerprint density at radius 2 is 1.83 bits per heavy atom. The van der Waals surface area contributed by atoms with Gasteiger partial charge in [0.15, 0.2) is 0 Å². The van der Waals surface area contributed by atoms with Crippen molar-refractivity contribution < 1.29 is 4.79 Å². The number of aromatic nitrogens is 3. The summed E-state index contributed by atoms with van der Waals surface area (Å²) in [6, 6.07) is 12.7. The van der Waals surface area contributed by atoms with Crippen molar-refractivity contribution in [3.63, 3.8) is 0 Å². The third-order valence-corrected chi connectivity index (χ3v) is 6.06. The third-order valence-electron chi connectivity index (χ3n) is 5.81. The summed E-state index contributed by atoms with van der Waals surface area (Å²) in [4.78, 5) is 30.1. The molecule has 0 aliphatic heterocycles. The van der Waals surface area contributed by atoms with Crippen LogP contribution in [0.15, 0.2) is 53.5 Å². The second-order valence-electron chi connectivity index (χ2n) is 7.82. The Labute approximate surface area is 177 Å². The molecule has 0 saturated heterocycles. The molecule has 1 aliphatic carbocycles. The summed E-state index contributed by atoms with van der Waals surface area (Å²) in [5, 5.41) is 8.15. The van der Waals surface area contributed by atoms with Crippen LogP contribution in [0.3, 0.4) is 0 Å². The van der Waals surface area contributed by atoms with Gasteiger partial charge in [-0.2, -0.15) is 0 Å². The second kappa shape index (κ2) is 7.61. The Morgan fingerprint density at radius 3 is 2.60 bits per heavy atom. The summed E-state index contributed by atoms with van der Waals surface area (Å²) < 4.78 is 1.47. The van der Waals surface area contributed by atoms with Crippen molar-refractivity contribution in [3.05, 3.63) is 69.6 Å². The highest BCUT2D eigenvalue weighted by Gasteiger charge is 2.18. The van der Waals surface area contributed by atoms with Gasteiger partial charge in [-0.3, -0.25) is 19.7 Å². The number of H-pyrrole nitrogens is 1. The molecule has 7 heteroatoms. The molecule has 6 nitrogen and oxygen atoms in total. The van der Waals surface area contributed by atoms with Crippen molar-refractivity contribution in [2.75, 3.05) is 0 Å². The largest absolute Gasteiger partial charge is 0.349 e. The van der Waals surface area contributed by atoms with Gasteiger partial charge in [-0.05, 0) is 55.3 Å². The molecule has 152 valence electrons. The van der Waals surface area contributed by atoms with Crippen LogP contribution in [0.1, 0.15) is 42.5 Å². The van der Waals surface area contributed by atoms with E-state index >= 15 is 0 Å². The molecular weight excluding hydrogens is 400 g/mol. The molecule has 2 N–H and O–H groups in total. The topological polar surface area (TPSA) is 79.8 Å². The Balaban J connectivity index is 1.57. The van der Waals surface area contributed by atoms with Crippen LogP contribution in [-0.4, -0.2) is 26.7 Å². The van der Waals surface area contributed by atoms with Crippen LogP contribution in [0.5, 0.6) is 0 Å². The second-order valence-corrected chi connectivity index (χ2v) is 8.25. The zero-order valence-electron chi connectivity index (χ0n) is 16.3. The van der Waals surface area contributed by atoms with Gasteiger partial charge in [0.25, 0.3) is 11.5 Å². The fourth-order valence-electron chi connectivity index (χ4n) is 4.19. The minimum atomic E-state index is -0.196. The predicted molar refractivity (Wildman–Crippen MR) is 119 cm³/mol. The molecule has 1 aliphatic rings. The SMILES string of the molecule is O=C(NC1CCCCC1)c1ccc2ncc3c(=O)n(-c4ccc(Cl)cc4)[nH]c3c2c1.